The van der Waals surface area contributed by atoms with E-state index in [2.05, 4.69) is 25.9 Å². The lowest BCUT2D eigenvalue weighted by Gasteiger charge is -2.21. The van der Waals surface area contributed by atoms with Crippen LogP contribution in [0.1, 0.15) is 52.7 Å². The van der Waals surface area contributed by atoms with Crippen molar-refractivity contribution in [3.05, 3.63) is 88.0 Å². The summed E-state index contributed by atoms with van der Waals surface area (Å²) >= 11 is 1.20. The SMILES string of the molecule is CCC(=O)NC(Cc1cccc(C(=N)N2CCCC2)c1)C(=O)NCC(=O)NC(Cc1c[nH]c2ccccc12)C(=O)c1nccs1. The number of fused-ring (bicyclic) bond motifs is 1. The molecule has 45 heavy (non-hydrogen) atoms. The molecule has 5 rings (SSSR count). The van der Waals surface area contributed by atoms with Gasteiger partial charge in [0.25, 0.3) is 0 Å². The van der Waals surface area contributed by atoms with Crippen LogP contribution in [0.3, 0.4) is 0 Å². The van der Waals surface area contributed by atoms with Gasteiger partial charge in [0.05, 0.1) is 12.6 Å². The van der Waals surface area contributed by atoms with Crippen LogP contribution in [0.5, 0.6) is 0 Å². The minimum Gasteiger partial charge on any atom is -0.361 e. The minimum atomic E-state index is -0.930. The number of hydrogen-bond acceptors (Lipinski definition) is 7. The summed E-state index contributed by atoms with van der Waals surface area (Å²) in [4.78, 5) is 61.4. The summed E-state index contributed by atoms with van der Waals surface area (Å²) < 4.78 is 0. The fourth-order valence-corrected chi connectivity index (χ4v) is 6.10. The van der Waals surface area contributed by atoms with Crippen LogP contribution in [0.15, 0.2) is 66.3 Å². The van der Waals surface area contributed by atoms with E-state index < -0.39 is 23.9 Å². The molecular formula is C33H37N7O4S. The molecule has 12 heteroatoms. The Bertz CT molecular complexity index is 1680. The summed E-state index contributed by atoms with van der Waals surface area (Å²) in [5.41, 5.74) is 3.32. The van der Waals surface area contributed by atoms with Gasteiger partial charge in [0.1, 0.15) is 11.9 Å². The molecule has 234 valence electrons. The number of carbonyl (C=O) groups excluding carboxylic acids is 4. The zero-order valence-corrected chi connectivity index (χ0v) is 25.9. The van der Waals surface area contributed by atoms with Crippen LogP contribution in [-0.2, 0) is 27.2 Å². The lowest BCUT2D eigenvalue weighted by Crippen LogP contribution is -2.51. The Morgan fingerprint density at radius 2 is 1.78 bits per heavy atom. The molecule has 0 aliphatic carbocycles. The molecule has 4 aromatic rings. The average molecular weight is 628 g/mol. The molecule has 1 aliphatic rings. The highest BCUT2D eigenvalue weighted by Gasteiger charge is 2.27. The lowest BCUT2D eigenvalue weighted by molar-refractivity contribution is -0.130. The first kappa shape index (κ1) is 31.6. The van der Waals surface area contributed by atoms with Gasteiger partial charge in [-0.25, -0.2) is 4.98 Å². The van der Waals surface area contributed by atoms with E-state index in [1.165, 1.54) is 11.3 Å². The van der Waals surface area contributed by atoms with Crippen LogP contribution in [0.25, 0.3) is 10.9 Å². The molecule has 5 N–H and O–H groups in total. The first-order valence-electron chi connectivity index (χ1n) is 15.1. The fraction of sp³-hybridized carbons (Fsp3) is 0.333. The van der Waals surface area contributed by atoms with Crippen molar-refractivity contribution in [2.45, 2.75) is 51.1 Å². The summed E-state index contributed by atoms with van der Waals surface area (Å²) in [5.74, 6) is -1.24. The number of aromatic nitrogens is 2. The van der Waals surface area contributed by atoms with Gasteiger partial charge in [0.15, 0.2) is 5.01 Å². The topological polar surface area (TPSA) is 160 Å². The lowest BCUT2D eigenvalue weighted by atomic mass is 10.0. The highest BCUT2D eigenvalue weighted by molar-refractivity contribution is 7.11. The Morgan fingerprint density at radius 1 is 1.00 bits per heavy atom. The van der Waals surface area contributed by atoms with Gasteiger partial charge in [-0.1, -0.05) is 43.3 Å². The van der Waals surface area contributed by atoms with Crippen molar-refractivity contribution < 1.29 is 19.2 Å². The smallest absolute Gasteiger partial charge is 0.243 e. The van der Waals surface area contributed by atoms with Crippen LogP contribution in [0.2, 0.25) is 0 Å². The second kappa shape index (κ2) is 14.8. The summed E-state index contributed by atoms with van der Waals surface area (Å²) in [6, 6.07) is 13.3. The van der Waals surface area contributed by atoms with Crippen molar-refractivity contribution in [2.24, 2.45) is 0 Å². The standard InChI is InChI=1S/C33H37N7O4S/c1-2-28(41)39-27(17-21-8-7-9-22(16-21)31(34)40-13-5-6-14-40)32(44)37-20-29(42)38-26(30(43)33-35-12-15-45-33)18-23-19-36-25-11-4-3-10-24(23)25/h3-4,7-12,15-16,19,26-27,34,36H,2,5-6,13-14,17-18,20H2,1H3,(H,37,44)(H,38,42)(H,39,41). The highest BCUT2D eigenvalue weighted by atomic mass is 32.1. The minimum absolute atomic E-state index is 0.187. The zero-order chi connectivity index (χ0) is 31.8. The maximum Gasteiger partial charge on any atom is 0.243 e. The highest BCUT2D eigenvalue weighted by Crippen LogP contribution is 2.21. The van der Waals surface area contributed by atoms with Crippen LogP contribution >= 0.6 is 11.3 Å². The number of para-hydroxylation sites is 1. The number of aromatic amines is 1. The number of rotatable bonds is 13. The predicted octanol–water partition coefficient (Wildman–Crippen LogP) is 3.21. The van der Waals surface area contributed by atoms with E-state index in [9.17, 15) is 19.2 Å². The molecule has 3 heterocycles. The Hall–Kier alpha value is -4.84. The molecule has 0 spiro atoms. The van der Waals surface area contributed by atoms with Crippen molar-refractivity contribution in [1.82, 2.24) is 30.8 Å². The van der Waals surface area contributed by atoms with Gasteiger partial charge in [-0.15, -0.1) is 11.3 Å². The monoisotopic (exact) mass is 627 g/mol. The quantitative estimate of drug-likeness (QED) is 0.0870. The third kappa shape index (κ3) is 8.01. The molecule has 0 radical (unpaired) electrons. The van der Waals surface area contributed by atoms with E-state index in [0.717, 1.165) is 53.5 Å². The summed E-state index contributed by atoms with van der Waals surface area (Å²) in [5, 5.41) is 19.7. The van der Waals surface area contributed by atoms with Crippen molar-refractivity contribution in [1.29, 1.82) is 5.41 Å². The summed E-state index contributed by atoms with van der Waals surface area (Å²) in [6.45, 7) is 3.01. The predicted molar refractivity (Wildman–Crippen MR) is 173 cm³/mol. The van der Waals surface area contributed by atoms with Crippen molar-refractivity contribution in [3.63, 3.8) is 0 Å². The number of nitrogens with one attached hydrogen (secondary N) is 5. The Balaban J connectivity index is 1.25. The van der Waals surface area contributed by atoms with E-state index in [4.69, 9.17) is 5.41 Å². The number of benzene rings is 2. The van der Waals surface area contributed by atoms with E-state index >= 15 is 0 Å². The molecule has 11 nitrogen and oxygen atoms in total. The van der Waals surface area contributed by atoms with E-state index in [-0.39, 0.29) is 42.5 Å². The van der Waals surface area contributed by atoms with E-state index in [0.29, 0.717) is 5.84 Å². The fourth-order valence-electron chi connectivity index (χ4n) is 5.47. The molecule has 1 saturated heterocycles. The van der Waals surface area contributed by atoms with Crippen LogP contribution in [0.4, 0.5) is 0 Å². The Labute approximate surface area is 265 Å². The molecule has 1 fully saturated rings. The summed E-state index contributed by atoms with van der Waals surface area (Å²) in [7, 11) is 0. The number of nitrogens with zero attached hydrogens (tertiary/aromatic N) is 2. The van der Waals surface area contributed by atoms with Crippen LogP contribution in [-0.4, -0.2) is 75.9 Å². The number of amidine groups is 1. The number of likely N-dealkylation sites (tertiary alicyclic amines) is 1. The molecule has 0 bridgehead atoms. The number of amides is 3. The maximum atomic E-state index is 13.3. The van der Waals surface area contributed by atoms with Crippen molar-refractivity contribution >= 4 is 51.6 Å². The Kier molecular flexibility index (Phi) is 10.4. The average Bonchev–Trinajstić information content (AvgIpc) is 3.86. The molecule has 0 saturated carbocycles. The number of thiazole rings is 1. The van der Waals surface area contributed by atoms with E-state index in [1.54, 1.807) is 18.5 Å². The normalized spacial score (nSPS) is 14.1. The molecule has 1 aliphatic heterocycles. The molecular weight excluding hydrogens is 590 g/mol. The molecule has 2 atom stereocenters. The second-order valence-electron chi connectivity index (χ2n) is 11.0. The van der Waals surface area contributed by atoms with E-state index in [1.807, 2.05) is 59.6 Å². The Morgan fingerprint density at radius 3 is 2.53 bits per heavy atom. The van der Waals surface area contributed by atoms with Crippen molar-refractivity contribution in [3.8, 4) is 0 Å². The number of hydrogen-bond donors (Lipinski definition) is 5. The van der Waals surface area contributed by atoms with Gasteiger partial charge >= 0.3 is 0 Å². The number of ketones is 1. The number of Topliss-reactive ketones (excluding diaryl/α,β-unsaturated/α-hetero) is 1. The molecule has 3 amide bonds. The first-order valence-corrected chi connectivity index (χ1v) is 16.0. The van der Waals surface area contributed by atoms with Crippen LogP contribution in [0, 0.1) is 5.41 Å². The van der Waals surface area contributed by atoms with Gasteiger partial charge in [-0.3, -0.25) is 24.6 Å². The van der Waals surface area contributed by atoms with Gasteiger partial charge in [0.2, 0.25) is 23.5 Å². The van der Waals surface area contributed by atoms with Gasteiger partial charge in [0, 0.05) is 66.6 Å². The maximum absolute atomic E-state index is 13.3. The first-order chi connectivity index (χ1) is 21.8. The largest absolute Gasteiger partial charge is 0.361 e. The molecule has 2 aromatic heterocycles. The van der Waals surface area contributed by atoms with Crippen LogP contribution < -0.4 is 16.0 Å². The van der Waals surface area contributed by atoms with Gasteiger partial charge in [-0.05, 0) is 36.1 Å². The van der Waals surface area contributed by atoms with Gasteiger partial charge < -0.3 is 25.8 Å². The van der Waals surface area contributed by atoms with Crippen molar-refractivity contribution in [2.75, 3.05) is 19.6 Å². The number of H-pyrrole nitrogens is 1. The molecule has 2 unspecified atom stereocenters. The second-order valence-corrected chi connectivity index (χ2v) is 11.9. The third-order valence-corrected chi connectivity index (χ3v) is 8.64. The third-order valence-electron chi connectivity index (χ3n) is 7.85. The zero-order valence-electron chi connectivity index (χ0n) is 25.1. The summed E-state index contributed by atoms with van der Waals surface area (Å²) in [6.07, 6.45) is 6.10. The van der Waals surface area contributed by atoms with Gasteiger partial charge in [-0.2, -0.15) is 0 Å². The molecule has 2 aromatic carbocycles. The number of carbonyl (C=O) groups is 4.